The standard InChI is InChI=1S/C10H12N4O2S/c1-3-4-5-14-6-7(11-10(14)17)13(2)9(16)12-8(6)15/h3-4H,5H2,1-2H3,(H,11,17)(H,12,15,16)/b4-3+. The second-order valence-corrected chi connectivity index (χ2v) is 4.01. The molecule has 17 heavy (non-hydrogen) atoms. The van der Waals surface area contributed by atoms with Crippen molar-refractivity contribution in [2.24, 2.45) is 7.05 Å². The molecule has 2 N–H and O–H groups in total. The molecule has 0 aliphatic heterocycles. The smallest absolute Gasteiger partial charge is 0.316 e. The molecule has 0 bridgehead atoms. The molecule has 0 aromatic carbocycles. The Hall–Kier alpha value is -1.89. The van der Waals surface area contributed by atoms with Crippen molar-refractivity contribution in [3.05, 3.63) is 37.8 Å². The van der Waals surface area contributed by atoms with Gasteiger partial charge >= 0.3 is 5.69 Å². The monoisotopic (exact) mass is 252 g/mol. The summed E-state index contributed by atoms with van der Waals surface area (Å²) in [5, 5.41) is 0. The van der Waals surface area contributed by atoms with Crippen LogP contribution in [0.15, 0.2) is 21.7 Å². The summed E-state index contributed by atoms with van der Waals surface area (Å²) in [6.07, 6.45) is 3.75. The van der Waals surface area contributed by atoms with Gasteiger partial charge in [-0.15, -0.1) is 0 Å². The summed E-state index contributed by atoms with van der Waals surface area (Å²) in [4.78, 5) is 28.3. The zero-order valence-electron chi connectivity index (χ0n) is 9.48. The second-order valence-electron chi connectivity index (χ2n) is 3.63. The highest BCUT2D eigenvalue weighted by molar-refractivity contribution is 7.71. The Labute approximate surface area is 101 Å². The molecule has 0 radical (unpaired) electrons. The van der Waals surface area contributed by atoms with Gasteiger partial charge in [-0.3, -0.25) is 14.3 Å². The fraction of sp³-hybridized carbons (Fsp3) is 0.300. The minimum Gasteiger partial charge on any atom is -0.316 e. The number of aromatic amines is 2. The normalized spacial score (nSPS) is 11.6. The van der Waals surface area contributed by atoms with Crippen LogP contribution >= 0.6 is 12.2 Å². The molecule has 0 spiro atoms. The SMILES string of the molecule is C/C=C/Cn1c(=S)[nH]c2c1c(=O)[nH]c(=O)n2C. The topological polar surface area (TPSA) is 75.6 Å². The van der Waals surface area contributed by atoms with Crippen LogP contribution < -0.4 is 11.2 Å². The van der Waals surface area contributed by atoms with Gasteiger partial charge in [0, 0.05) is 13.6 Å². The fourth-order valence-electron chi connectivity index (χ4n) is 1.66. The lowest BCUT2D eigenvalue weighted by Gasteiger charge is -2.00. The zero-order chi connectivity index (χ0) is 12.6. The third kappa shape index (κ3) is 1.78. The number of H-pyrrole nitrogens is 2. The average molecular weight is 252 g/mol. The van der Waals surface area contributed by atoms with Crippen LogP contribution in [0.4, 0.5) is 0 Å². The molecule has 7 heteroatoms. The summed E-state index contributed by atoms with van der Waals surface area (Å²) in [7, 11) is 1.58. The lowest BCUT2D eigenvalue weighted by Crippen LogP contribution is -2.29. The first kappa shape index (κ1) is 11.6. The minimum absolute atomic E-state index is 0.384. The van der Waals surface area contributed by atoms with E-state index in [1.165, 1.54) is 4.57 Å². The highest BCUT2D eigenvalue weighted by Crippen LogP contribution is 2.06. The van der Waals surface area contributed by atoms with Crippen molar-refractivity contribution < 1.29 is 0 Å². The number of imidazole rings is 1. The maximum Gasteiger partial charge on any atom is 0.329 e. The quantitative estimate of drug-likeness (QED) is 0.609. The number of aryl methyl sites for hydroxylation is 1. The third-order valence-corrected chi connectivity index (χ3v) is 2.89. The number of hydrogen-bond acceptors (Lipinski definition) is 3. The van der Waals surface area contributed by atoms with Gasteiger partial charge in [-0.25, -0.2) is 4.79 Å². The van der Waals surface area contributed by atoms with E-state index in [1.54, 1.807) is 11.6 Å². The van der Waals surface area contributed by atoms with Crippen LogP contribution in [0.5, 0.6) is 0 Å². The van der Waals surface area contributed by atoms with E-state index >= 15 is 0 Å². The summed E-state index contributed by atoms with van der Waals surface area (Å²) in [5.74, 6) is 0. The van der Waals surface area contributed by atoms with Crippen molar-refractivity contribution in [2.75, 3.05) is 0 Å². The molecular formula is C10H12N4O2S. The van der Waals surface area contributed by atoms with Crippen LogP contribution in [0, 0.1) is 4.77 Å². The van der Waals surface area contributed by atoms with Crippen LogP contribution in [0.1, 0.15) is 6.92 Å². The molecule has 0 amide bonds. The first-order valence-electron chi connectivity index (χ1n) is 5.09. The van der Waals surface area contributed by atoms with Gasteiger partial charge in [0.05, 0.1) is 0 Å². The summed E-state index contributed by atoms with van der Waals surface area (Å²) in [6.45, 7) is 2.38. The fourth-order valence-corrected chi connectivity index (χ4v) is 1.92. The summed E-state index contributed by atoms with van der Waals surface area (Å²) in [5.41, 5.74) is -0.0691. The highest BCUT2D eigenvalue weighted by atomic mass is 32.1. The van der Waals surface area contributed by atoms with Crippen LogP contribution in [-0.2, 0) is 13.6 Å². The number of nitrogens with one attached hydrogen (secondary N) is 2. The van der Waals surface area contributed by atoms with E-state index < -0.39 is 11.2 Å². The van der Waals surface area contributed by atoms with Crippen LogP contribution in [0.2, 0.25) is 0 Å². The van der Waals surface area contributed by atoms with E-state index in [0.29, 0.717) is 22.5 Å². The van der Waals surface area contributed by atoms with Crippen molar-refractivity contribution >= 4 is 23.4 Å². The highest BCUT2D eigenvalue weighted by Gasteiger charge is 2.11. The first-order valence-corrected chi connectivity index (χ1v) is 5.50. The van der Waals surface area contributed by atoms with E-state index in [0.717, 1.165) is 0 Å². The van der Waals surface area contributed by atoms with Gasteiger partial charge in [-0.2, -0.15) is 0 Å². The number of nitrogens with zero attached hydrogens (tertiary/aromatic N) is 2. The molecule has 2 heterocycles. The molecule has 2 aromatic heterocycles. The predicted octanol–water partition coefficient (Wildman–Crippen LogP) is 0.662. The first-order chi connectivity index (χ1) is 8.06. The number of allylic oxidation sites excluding steroid dienone is 2. The molecule has 2 rings (SSSR count). The van der Waals surface area contributed by atoms with Gasteiger partial charge in [0.15, 0.2) is 10.3 Å². The molecule has 0 aliphatic carbocycles. The largest absolute Gasteiger partial charge is 0.329 e. The predicted molar refractivity (Wildman–Crippen MR) is 67.8 cm³/mol. The van der Waals surface area contributed by atoms with Crippen LogP contribution in [0.3, 0.4) is 0 Å². The average Bonchev–Trinajstić information content (AvgIpc) is 2.61. The van der Waals surface area contributed by atoms with Crippen molar-refractivity contribution in [3.63, 3.8) is 0 Å². The van der Waals surface area contributed by atoms with Crippen molar-refractivity contribution in [2.45, 2.75) is 13.5 Å². The molecule has 0 saturated heterocycles. The number of aromatic nitrogens is 4. The van der Waals surface area contributed by atoms with Crippen molar-refractivity contribution in [1.29, 1.82) is 0 Å². The van der Waals surface area contributed by atoms with Gasteiger partial charge in [0.2, 0.25) is 0 Å². The lowest BCUT2D eigenvalue weighted by atomic mass is 10.4. The van der Waals surface area contributed by atoms with Crippen LogP contribution in [-0.4, -0.2) is 19.1 Å². The summed E-state index contributed by atoms with van der Waals surface area (Å²) >= 11 is 5.13. The Morgan fingerprint density at radius 3 is 2.71 bits per heavy atom. The molecule has 0 saturated carbocycles. The molecule has 0 aliphatic rings. The number of hydrogen-bond donors (Lipinski definition) is 2. The Morgan fingerprint density at radius 2 is 2.06 bits per heavy atom. The van der Waals surface area contributed by atoms with Gasteiger partial charge in [-0.05, 0) is 19.1 Å². The lowest BCUT2D eigenvalue weighted by molar-refractivity contribution is 0.813. The Morgan fingerprint density at radius 1 is 1.35 bits per heavy atom. The minimum atomic E-state index is -0.461. The van der Waals surface area contributed by atoms with Gasteiger partial charge in [0.25, 0.3) is 5.56 Å². The summed E-state index contributed by atoms with van der Waals surface area (Å²) in [6, 6.07) is 0. The Balaban J connectivity index is 2.92. The van der Waals surface area contributed by atoms with E-state index in [9.17, 15) is 9.59 Å². The molecular weight excluding hydrogens is 240 g/mol. The Kier molecular flexibility index (Phi) is 2.84. The molecule has 2 aromatic rings. The van der Waals surface area contributed by atoms with Crippen molar-refractivity contribution in [3.8, 4) is 0 Å². The Bertz CT molecular complexity index is 759. The van der Waals surface area contributed by atoms with Gasteiger partial charge in [-0.1, -0.05) is 12.2 Å². The molecule has 0 unspecified atom stereocenters. The molecule has 0 fully saturated rings. The van der Waals surface area contributed by atoms with E-state index in [-0.39, 0.29) is 0 Å². The van der Waals surface area contributed by atoms with Gasteiger partial charge in [0.1, 0.15) is 5.65 Å². The van der Waals surface area contributed by atoms with E-state index in [1.807, 2.05) is 19.1 Å². The molecule has 0 atom stereocenters. The van der Waals surface area contributed by atoms with Crippen molar-refractivity contribution in [1.82, 2.24) is 19.1 Å². The number of rotatable bonds is 2. The maximum absolute atomic E-state index is 11.8. The van der Waals surface area contributed by atoms with Gasteiger partial charge < -0.3 is 9.55 Å². The summed E-state index contributed by atoms with van der Waals surface area (Å²) < 4.78 is 3.41. The maximum atomic E-state index is 11.8. The van der Waals surface area contributed by atoms with Crippen LogP contribution in [0.25, 0.3) is 11.2 Å². The van der Waals surface area contributed by atoms with E-state index in [2.05, 4.69) is 9.97 Å². The number of fused-ring (bicyclic) bond motifs is 1. The zero-order valence-corrected chi connectivity index (χ0v) is 10.3. The third-order valence-electron chi connectivity index (χ3n) is 2.56. The molecule has 6 nitrogen and oxygen atoms in total. The van der Waals surface area contributed by atoms with E-state index in [4.69, 9.17) is 12.2 Å². The molecule has 90 valence electrons. The second kappa shape index (κ2) is 4.17.